The van der Waals surface area contributed by atoms with Gasteiger partial charge in [0.25, 0.3) is 0 Å². The normalized spacial score (nSPS) is 15.8. The first-order valence-corrected chi connectivity index (χ1v) is 7.97. The molecule has 0 bridgehead atoms. The lowest BCUT2D eigenvalue weighted by Crippen LogP contribution is -2.33. The van der Waals surface area contributed by atoms with Crippen LogP contribution in [0.2, 0.25) is 0 Å². The Kier molecular flexibility index (Phi) is 4.47. The fourth-order valence-corrected chi connectivity index (χ4v) is 2.94. The summed E-state index contributed by atoms with van der Waals surface area (Å²) in [6, 6.07) is 15.2. The molecule has 0 unspecified atom stereocenters. The maximum absolute atomic E-state index is 12.5. The smallest absolute Gasteiger partial charge is 0.226 e. The number of carbonyl (C=O) groups excluding carboxylic acids is 2. The fourth-order valence-electron chi connectivity index (χ4n) is 2.94. The number of nitrogens with zero attached hydrogens (tertiary/aromatic N) is 1. The predicted octanol–water partition coefficient (Wildman–Crippen LogP) is 3.90. The number of amides is 2. The van der Waals surface area contributed by atoms with Crippen LogP contribution in [0.4, 0.5) is 5.69 Å². The Morgan fingerprint density at radius 3 is 2.50 bits per heavy atom. The summed E-state index contributed by atoms with van der Waals surface area (Å²) in [6.07, 6.45) is 3.88. The van der Waals surface area contributed by atoms with Gasteiger partial charge in [0.05, 0.1) is 12.5 Å². The third kappa shape index (κ3) is 3.38. The molecule has 0 saturated carbocycles. The highest BCUT2D eigenvalue weighted by Gasteiger charge is 2.28. The van der Waals surface area contributed by atoms with E-state index in [1.165, 1.54) is 6.92 Å². The first-order valence-electron chi connectivity index (χ1n) is 7.97. The molecule has 2 aromatic rings. The van der Waals surface area contributed by atoms with Crippen LogP contribution in [0.25, 0.3) is 6.08 Å². The highest BCUT2D eigenvalue weighted by atomic mass is 16.2. The third-order valence-electron chi connectivity index (χ3n) is 4.18. The first kappa shape index (κ1) is 16.0. The molecule has 2 amide bonds. The maximum atomic E-state index is 12.5. The highest BCUT2D eigenvalue weighted by Crippen LogP contribution is 2.33. The molecule has 122 valence electrons. The average molecular weight is 320 g/mol. The molecule has 4 nitrogen and oxygen atoms in total. The van der Waals surface area contributed by atoms with Gasteiger partial charge in [0, 0.05) is 18.8 Å². The summed E-state index contributed by atoms with van der Waals surface area (Å²) in [7, 11) is 0. The van der Waals surface area contributed by atoms with Gasteiger partial charge in [-0.25, -0.2) is 0 Å². The SMILES string of the molecule is CC(=O)N1C=Cc2ccccc2[C@H]1CC(=O)Nc1ccc(C)cc1. The van der Waals surface area contributed by atoms with Gasteiger partial charge in [0.1, 0.15) is 0 Å². The van der Waals surface area contributed by atoms with Gasteiger partial charge >= 0.3 is 0 Å². The minimum absolute atomic E-state index is 0.0751. The zero-order valence-corrected chi connectivity index (χ0v) is 13.8. The van der Waals surface area contributed by atoms with E-state index < -0.39 is 0 Å². The highest BCUT2D eigenvalue weighted by molar-refractivity contribution is 5.92. The first-order chi connectivity index (χ1) is 11.5. The summed E-state index contributed by atoms with van der Waals surface area (Å²) in [5, 5.41) is 2.91. The predicted molar refractivity (Wildman–Crippen MR) is 95.2 cm³/mol. The molecular formula is C20H20N2O2. The molecule has 4 heteroatoms. The lowest BCUT2D eigenvalue weighted by Gasteiger charge is -2.32. The van der Waals surface area contributed by atoms with Crippen molar-refractivity contribution in [2.75, 3.05) is 5.32 Å². The molecule has 0 fully saturated rings. The summed E-state index contributed by atoms with van der Waals surface area (Å²) in [5.41, 5.74) is 3.94. The average Bonchev–Trinajstić information content (AvgIpc) is 2.57. The van der Waals surface area contributed by atoms with E-state index in [2.05, 4.69) is 5.32 Å². The Balaban J connectivity index is 1.80. The van der Waals surface area contributed by atoms with Crippen LogP contribution in [0.1, 0.15) is 36.1 Å². The second-order valence-electron chi connectivity index (χ2n) is 6.01. The molecule has 2 aromatic carbocycles. The van der Waals surface area contributed by atoms with Crippen LogP contribution >= 0.6 is 0 Å². The lowest BCUT2D eigenvalue weighted by atomic mass is 9.93. The van der Waals surface area contributed by atoms with E-state index >= 15 is 0 Å². The number of hydrogen-bond acceptors (Lipinski definition) is 2. The number of hydrogen-bond donors (Lipinski definition) is 1. The number of rotatable bonds is 3. The van der Waals surface area contributed by atoms with E-state index in [1.54, 1.807) is 11.1 Å². The van der Waals surface area contributed by atoms with E-state index in [1.807, 2.05) is 61.5 Å². The number of fused-ring (bicyclic) bond motifs is 1. The molecule has 0 saturated heterocycles. The van der Waals surface area contributed by atoms with Gasteiger partial charge in [-0.3, -0.25) is 9.59 Å². The molecule has 0 spiro atoms. The largest absolute Gasteiger partial charge is 0.326 e. The standard InChI is InChI=1S/C20H20N2O2/c1-14-7-9-17(10-8-14)21-20(24)13-19-18-6-4-3-5-16(18)11-12-22(19)15(2)23/h3-12,19H,13H2,1-2H3,(H,21,24)/t19-/m1/s1. The van der Waals surface area contributed by atoms with Crippen molar-refractivity contribution in [1.82, 2.24) is 4.90 Å². The topological polar surface area (TPSA) is 49.4 Å². The summed E-state index contributed by atoms with van der Waals surface area (Å²) < 4.78 is 0. The van der Waals surface area contributed by atoms with Crippen LogP contribution in [0, 0.1) is 6.92 Å². The zero-order valence-electron chi connectivity index (χ0n) is 13.8. The van der Waals surface area contributed by atoms with Crippen LogP contribution in [0.5, 0.6) is 0 Å². The molecule has 0 radical (unpaired) electrons. The second-order valence-corrected chi connectivity index (χ2v) is 6.01. The molecule has 24 heavy (non-hydrogen) atoms. The number of benzene rings is 2. The number of aryl methyl sites for hydroxylation is 1. The van der Waals surface area contributed by atoms with E-state index in [4.69, 9.17) is 0 Å². The molecular weight excluding hydrogens is 300 g/mol. The second kappa shape index (κ2) is 6.71. The van der Waals surface area contributed by atoms with E-state index in [-0.39, 0.29) is 24.3 Å². The van der Waals surface area contributed by atoms with Crippen LogP contribution in [-0.4, -0.2) is 16.7 Å². The lowest BCUT2D eigenvalue weighted by molar-refractivity contribution is -0.129. The summed E-state index contributed by atoms with van der Waals surface area (Å²) >= 11 is 0. The van der Waals surface area contributed by atoms with Gasteiger partial charge in [-0.05, 0) is 36.3 Å². The van der Waals surface area contributed by atoms with E-state index in [9.17, 15) is 9.59 Å². The van der Waals surface area contributed by atoms with E-state index in [0.717, 1.165) is 22.4 Å². The molecule has 0 aliphatic carbocycles. The van der Waals surface area contributed by atoms with Crippen molar-refractivity contribution >= 4 is 23.6 Å². The van der Waals surface area contributed by atoms with Gasteiger partial charge in [-0.2, -0.15) is 0 Å². The van der Waals surface area contributed by atoms with Crippen molar-refractivity contribution in [2.45, 2.75) is 26.3 Å². The zero-order chi connectivity index (χ0) is 17.1. The number of anilines is 1. The van der Waals surface area contributed by atoms with Gasteiger partial charge in [0.2, 0.25) is 11.8 Å². The van der Waals surface area contributed by atoms with Crippen LogP contribution in [0.15, 0.2) is 54.7 Å². The summed E-state index contributed by atoms with van der Waals surface area (Å²) in [5.74, 6) is -0.186. The molecule has 3 rings (SSSR count). The summed E-state index contributed by atoms with van der Waals surface area (Å²) in [4.78, 5) is 26.0. The Morgan fingerprint density at radius 1 is 1.08 bits per heavy atom. The van der Waals surface area contributed by atoms with Crippen molar-refractivity contribution in [1.29, 1.82) is 0 Å². The Hall–Kier alpha value is -2.88. The third-order valence-corrected chi connectivity index (χ3v) is 4.18. The van der Waals surface area contributed by atoms with Crippen LogP contribution in [-0.2, 0) is 9.59 Å². The summed E-state index contributed by atoms with van der Waals surface area (Å²) in [6.45, 7) is 3.52. The quantitative estimate of drug-likeness (QED) is 0.932. The minimum Gasteiger partial charge on any atom is -0.326 e. The van der Waals surface area contributed by atoms with Crippen LogP contribution in [0.3, 0.4) is 0 Å². The van der Waals surface area contributed by atoms with Gasteiger partial charge in [-0.15, -0.1) is 0 Å². The fraction of sp³-hybridized carbons (Fsp3) is 0.200. The van der Waals surface area contributed by atoms with E-state index in [0.29, 0.717) is 0 Å². The van der Waals surface area contributed by atoms with Crippen molar-refractivity contribution < 1.29 is 9.59 Å². The van der Waals surface area contributed by atoms with Gasteiger partial charge in [-0.1, -0.05) is 42.0 Å². The van der Waals surface area contributed by atoms with Crippen molar-refractivity contribution in [3.05, 3.63) is 71.4 Å². The van der Waals surface area contributed by atoms with Crippen molar-refractivity contribution in [3.63, 3.8) is 0 Å². The van der Waals surface area contributed by atoms with Crippen molar-refractivity contribution in [3.8, 4) is 0 Å². The van der Waals surface area contributed by atoms with Gasteiger partial charge in [0.15, 0.2) is 0 Å². The molecule has 0 aromatic heterocycles. The van der Waals surface area contributed by atoms with Crippen molar-refractivity contribution in [2.24, 2.45) is 0 Å². The van der Waals surface area contributed by atoms with Crippen LogP contribution < -0.4 is 5.32 Å². The minimum atomic E-state index is -0.283. The molecule has 1 aliphatic heterocycles. The molecule has 1 atom stereocenters. The monoisotopic (exact) mass is 320 g/mol. The molecule has 1 aliphatic rings. The molecule has 1 N–H and O–H groups in total. The Bertz CT molecular complexity index is 794. The Morgan fingerprint density at radius 2 is 1.79 bits per heavy atom. The number of carbonyl (C=O) groups is 2. The Labute approximate surface area is 141 Å². The van der Waals surface area contributed by atoms with Gasteiger partial charge < -0.3 is 10.2 Å². The maximum Gasteiger partial charge on any atom is 0.226 e. The molecule has 1 heterocycles. The number of nitrogens with one attached hydrogen (secondary N) is 1.